The largest absolute Gasteiger partial charge is 0.399 e. The Hall–Kier alpha value is -3.61. The maximum absolute atomic E-state index is 14.4. The van der Waals surface area contributed by atoms with Gasteiger partial charge >= 0.3 is 0 Å². The zero-order valence-corrected chi connectivity index (χ0v) is 14.2. The minimum atomic E-state index is -0.938. The highest BCUT2D eigenvalue weighted by atomic mass is 19.1. The normalized spacial score (nSPS) is 11.1. The predicted molar refractivity (Wildman–Crippen MR) is 99.2 cm³/mol. The van der Waals surface area contributed by atoms with Crippen LogP contribution in [0.2, 0.25) is 0 Å². The number of rotatable bonds is 2. The van der Waals surface area contributed by atoms with Crippen LogP contribution < -0.4 is 11.3 Å². The van der Waals surface area contributed by atoms with Crippen LogP contribution in [0.25, 0.3) is 27.7 Å². The Morgan fingerprint density at radius 1 is 0.750 bits per heavy atom. The molecule has 1 aromatic heterocycles. The minimum absolute atomic E-state index is 0.0397. The summed E-state index contributed by atoms with van der Waals surface area (Å²) in [6.45, 7) is 0. The first-order valence-electron chi connectivity index (χ1n) is 8.22. The van der Waals surface area contributed by atoms with Crippen molar-refractivity contribution in [1.29, 1.82) is 0 Å². The summed E-state index contributed by atoms with van der Waals surface area (Å²) in [4.78, 5) is 12.5. The molecule has 0 aliphatic carbocycles. The number of benzene rings is 3. The molecule has 0 aliphatic heterocycles. The van der Waals surface area contributed by atoms with E-state index < -0.39 is 34.5 Å². The van der Waals surface area contributed by atoms with Gasteiger partial charge in [-0.15, -0.1) is 0 Å². The highest BCUT2D eigenvalue weighted by molar-refractivity contribution is 5.98. The maximum atomic E-state index is 14.4. The molecule has 0 unspecified atom stereocenters. The number of nitrogen functional groups attached to an aromatic ring is 1. The monoisotopic (exact) mass is 384 g/mol. The van der Waals surface area contributed by atoms with Crippen LogP contribution in [-0.2, 0) is 0 Å². The summed E-state index contributed by atoms with van der Waals surface area (Å²) in [5, 5.41) is 0.321. The van der Waals surface area contributed by atoms with Crippen LogP contribution in [0, 0.1) is 23.3 Å². The number of aromatic nitrogens is 1. The van der Waals surface area contributed by atoms with E-state index in [4.69, 9.17) is 5.73 Å². The molecule has 4 rings (SSSR count). The lowest BCUT2D eigenvalue weighted by atomic mass is 9.98. The lowest BCUT2D eigenvalue weighted by Gasteiger charge is -2.15. The number of nitrogens with two attached hydrogens (primary N) is 1. The van der Waals surface area contributed by atoms with Gasteiger partial charge in [0.1, 0.15) is 29.0 Å². The SMILES string of the molecule is Nc1cc(-c2ccc(F)cc2F)c2ccc(=O)n(-c3c(F)cccc3F)c2c1. The standard InChI is InChI=1S/C21H12F4N2O/c22-11-4-5-13(18(25)8-11)15-9-12(26)10-19-14(15)6-7-20(28)27(19)21-16(23)2-1-3-17(21)24/h1-10H,26H2. The molecule has 0 radical (unpaired) electrons. The zero-order valence-electron chi connectivity index (χ0n) is 14.2. The number of halogens is 4. The van der Waals surface area contributed by atoms with E-state index in [-0.39, 0.29) is 22.3 Å². The number of fused-ring (bicyclic) bond motifs is 1. The van der Waals surface area contributed by atoms with Crippen molar-refractivity contribution < 1.29 is 17.6 Å². The van der Waals surface area contributed by atoms with E-state index in [9.17, 15) is 22.4 Å². The van der Waals surface area contributed by atoms with Crippen molar-refractivity contribution in [1.82, 2.24) is 4.57 Å². The molecule has 7 heteroatoms. The topological polar surface area (TPSA) is 48.0 Å². The van der Waals surface area contributed by atoms with Crippen molar-refractivity contribution >= 4 is 16.6 Å². The van der Waals surface area contributed by atoms with E-state index in [0.717, 1.165) is 34.9 Å². The summed E-state index contributed by atoms with van der Waals surface area (Å²) in [6, 6.07) is 11.6. The third kappa shape index (κ3) is 2.81. The maximum Gasteiger partial charge on any atom is 0.255 e. The number of para-hydroxylation sites is 1. The van der Waals surface area contributed by atoms with Crippen molar-refractivity contribution in [2.24, 2.45) is 0 Å². The molecule has 3 aromatic carbocycles. The average molecular weight is 384 g/mol. The minimum Gasteiger partial charge on any atom is -0.399 e. The quantitative estimate of drug-likeness (QED) is 0.399. The molecule has 4 aromatic rings. The second-order valence-corrected chi connectivity index (χ2v) is 6.20. The first-order valence-corrected chi connectivity index (χ1v) is 8.22. The van der Waals surface area contributed by atoms with E-state index in [1.807, 2.05) is 0 Å². The molecule has 0 fully saturated rings. The molecular weight excluding hydrogens is 372 g/mol. The van der Waals surface area contributed by atoms with E-state index in [1.165, 1.54) is 30.3 Å². The molecular formula is C21H12F4N2O. The second-order valence-electron chi connectivity index (χ2n) is 6.20. The Balaban J connectivity index is 2.14. The van der Waals surface area contributed by atoms with Gasteiger partial charge in [-0.05, 0) is 48.0 Å². The Labute approximate surface area is 156 Å². The van der Waals surface area contributed by atoms with E-state index in [2.05, 4.69) is 0 Å². The molecule has 1 heterocycles. The fourth-order valence-corrected chi connectivity index (χ4v) is 3.23. The zero-order chi connectivity index (χ0) is 20.0. The molecule has 3 nitrogen and oxygen atoms in total. The van der Waals surface area contributed by atoms with Crippen LogP contribution in [0.4, 0.5) is 23.2 Å². The Morgan fingerprint density at radius 2 is 1.46 bits per heavy atom. The lowest BCUT2D eigenvalue weighted by molar-refractivity contribution is 0.569. The number of hydrogen-bond donors (Lipinski definition) is 1. The molecule has 0 aliphatic rings. The van der Waals surface area contributed by atoms with Crippen LogP contribution in [0.5, 0.6) is 0 Å². The van der Waals surface area contributed by atoms with Crippen LogP contribution in [0.1, 0.15) is 0 Å². The molecule has 0 amide bonds. The molecule has 0 spiro atoms. The number of pyridine rings is 1. The number of hydrogen-bond acceptors (Lipinski definition) is 2. The average Bonchev–Trinajstić information content (AvgIpc) is 2.62. The summed E-state index contributed by atoms with van der Waals surface area (Å²) in [6.07, 6.45) is 0. The van der Waals surface area contributed by atoms with Crippen molar-refractivity contribution in [3.63, 3.8) is 0 Å². The fraction of sp³-hybridized carbons (Fsp3) is 0. The smallest absolute Gasteiger partial charge is 0.255 e. The van der Waals surface area contributed by atoms with Gasteiger partial charge in [-0.2, -0.15) is 0 Å². The van der Waals surface area contributed by atoms with Crippen LogP contribution in [0.3, 0.4) is 0 Å². The third-order valence-corrected chi connectivity index (χ3v) is 4.42. The Kier molecular flexibility index (Phi) is 4.15. The van der Waals surface area contributed by atoms with Crippen molar-refractivity contribution in [3.05, 3.63) is 94.3 Å². The molecule has 0 atom stereocenters. The van der Waals surface area contributed by atoms with Gasteiger partial charge in [0, 0.05) is 28.8 Å². The van der Waals surface area contributed by atoms with Crippen molar-refractivity contribution in [2.45, 2.75) is 0 Å². The van der Waals surface area contributed by atoms with Crippen LogP contribution in [0.15, 0.2) is 65.5 Å². The molecule has 0 bridgehead atoms. The second kappa shape index (κ2) is 6.53. The van der Waals surface area contributed by atoms with Gasteiger partial charge in [-0.3, -0.25) is 9.36 Å². The molecule has 2 N–H and O–H groups in total. The van der Waals surface area contributed by atoms with E-state index >= 15 is 0 Å². The van der Waals surface area contributed by atoms with E-state index in [0.29, 0.717) is 5.39 Å². The number of anilines is 1. The van der Waals surface area contributed by atoms with Crippen LogP contribution in [-0.4, -0.2) is 4.57 Å². The summed E-state index contributed by atoms with van der Waals surface area (Å²) < 4.78 is 57.2. The Morgan fingerprint density at radius 3 is 2.14 bits per heavy atom. The molecule has 140 valence electrons. The van der Waals surface area contributed by atoms with Gasteiger partial charge in [-0.25, -0.2) is 17.6 Å². The summed E-state index contributed by atoms with van der Waals surface area (Å²) in [5.41, 5.74) is 5.20. The first kappa shape index (κ1) is 17.8. The summed E-state index contributed by atoms with van der Waals surface area (Å²) >= 11 is 0. The predicted octanol–water partition coefficient (Wildman–Crippen LogP) is 4.80. The van der Waals surface area contributed by atoms with Gasteiger partial charge in [-0.1, -0.05) is 6.07 Å². The van der Waals surface area contributed by atoms with E-state index in [1.54, 1.807) is 0 Å². The van der Waals surface area contributed by atoms with Gasteiger partial charge in [0.05, 0.1) is 5.52 Å². The van der Waals surface area contributed by atoms with Gasteiger partial charge < -0.3 is 5.73 Å². The Bertz CT molecular complexity index is 1280. The van der Waals surface area contributed by atoms with Crippen molar-refractivity contribution in [2.75, 3.05) is 5.73 Å². The summed E-state index contributed by atoms with van der Waals surface area (Å²) in [7, 11) is 0. The summed E-state index contributed by atoms with van der Waals surface area (Å²) in [5.74, 6) is -3.46. The van der Waals surface area contributed by atoms with Gasteiger partial charge in [0.2, 0.25) is 0 Å². The molecule has 0 saturated carbocycles. The highest BCUT2D eigenvalue weighted by Gasteiger charge is 2.18. The molecule has 0 saturated heterocycles. The van der Waals surface area contributed by atoms with Gasteiger partial charge in [0.25, 0.3) is 5.56 Å². The lowest BCUT2D eigenvalue weighted by Crippen LogP contribution is -2.20. The fourth-order valence-electron chi connectivity index (χ4n) is 3.23. The number of nitrogens with zero attached hydrogens (tertiary/aromatic N) is 1. The first-order chi connectivity index (χ1) is 13.4. The van der Waals surface area contributed by atoms with Crippen molar-refractivity contribution in [3.8, 4) is 16.8 Å². The van der Waals surface area contributed by atoms with Gasteiger partial charge in [0.15, 0.2) is 0 Å². The molecule has 28 heavy (non-hydrogen) atoms. The third-order valence-electron chi connectivity index (χ3n) is 4.42. The highest BCUT2D eigenvalue weighted by Crippen LogP contribution is 2.34. The van der Waals surface area contributed by atoms with Crippen LogP contribution >= 0.6 is 0 Å².